The van der Waals surface area contributed by atoms with Gasteiger partial charge in [0.1, 0.15) is 0 Å². The SMILES string of the molecule is NC(Cc1cccc(F)c1F)CC1CCOC1. The molecular weight excluding hydrogens is 224 g/mol. The second-order valence-electron chi connectivity index (χ2n) is 4.64. The number of ether oxygens (including phenoxy) is 1. The van der Waals surface area contributed by atoms with Gasteiger partial charge in [-0.1, -0.05) is 12.1 Å². The Kier molecular flexibility index (Phi) is 4.07. The molecule has 0 aliphatic carbocycles. The molecule has 4 heteroatoms. The molecule has 1 aliphatic heterocycles. The predicted molar refractivity (Wildman–Crippen MR) is 61.6 cm³/mol. The van der Waals surface area contributed by atoms with Crippen molar-refractivity contribution in [2.75, 3.05) is 13.2 Å². The van der Waals surface area contributed by atoms with Crippen molar-refractivity contribution in [1.82, 2.24) is 0 Å². The van der Waals surface area contributed by atoms with Gasteiger partial charge in [0.15, 0.2) is 11.6 Å². The minimum atomic E-state index is -0.807. The second kappa shape index (κ2) is 5.56. The summed E-state index contributed by atoms with van der Waals surface area (Å²) >= 11 is 0. The molecule has 0 spiro atoms. The number of hydrogen-bond donors (Lipinski definition) is 1. The molecule has 0 saturated carbocycles. The fourth-order valence-corrected chi connectivity index (χ4v) is 2.27. The molecule has 2 atom stereocenters. The minimum absolute atomic E-state index is 0.141. The largest absolute Gasteiger partial charge is 0.381 e. The highest BCUT2D eigenvalue weighted by Crippen LogP contribution is 2.20. The van der Waals surface area contributed by atoms with E-state index in [1.54, 1.807) is 6.07 Å². The second-order valence-corrected chi connectivity index (χ2v) is 4.64. The maximum atomic E-state index is 13.4. The molecule has 0 radical (unpaired) electrons. The molecule has 94 valence electrons. The predicted octanol–water partition coefficient (Wildman–Crippen LogP) is 2.26. The number of nitrogens with two attached hydrogens (primary N) is 1. The van der Waals surface area contributed by atoms with Crippen LogP contribution in [0.3, 0.4) is 0 Å². The van der Waals surface area contributed by atoms with Crippen LogP contribution in [0, 0.1) is 17.6 Å². The summed E-state index contributed by atoms with van der Waals surface area (Å²) in [7, 11) is 0. The number of hydrogen-bond acceptors (Lipinski definition) is 2. The van der Waals surface area contributed by atoms with Crippen molar-refractivity contribution in [3.63, 3.8) is 0 Å². The van der Waals surface area contributed by atoms with Crippen LogP contribution < -0.4 is 5.73 Å². The van der Waals surface area contributed by atoms with Crippen LogP contribution in [0.4, 0.5) is 8.78 Å². The van der Waals surface area contributed by atoms with E-state index in [2.05, 4.69) is 0 Å². The van der Waals surface area contributed by atoms with Gasteiger partial charge in [0.2, 0.25) is 0 Å². The van der Waals surface area contributed by atoms with Gasteiger partial charge in [-0.2, -0.15) is 0 Å². The monoisotopic (exact) mass is 241 g/mol. The van der Waals surface area contributed by atoms with Gasteiger partial charge in [0.05, 0.1) is 0 Å². The van der Waals surface area contributed by atoms with Crippen molar-refractivity contribution >= 4 is 0 Å². The number of halogens is 2. The Morgan fingerprint density at radius 1 is 1.41 bits per heavy atom. The molecule has 1 aliphatic rings. The fourth-order valence-electron chi connectivity index (χ4n) is 2.27. The standard InChI is InChI=1S/C13H17F2NO/c14-12-3-1-2-10(13(12)15)7-11(16)6-9-4-5-17-8-9/h1-3,9,11H,4-8,16H2. The molecule has 17 heavy (non-hydrogen) atoms. The van der Waals surface area contributed by atoms with Crippen molar-refractivity contribution in [1.29, 1.82) is 0 Å². The Morgan fingerprint density at radius 3 is 2.94 bits per heavy atom. The van der Waals surface area contributed by atoms with Gasteiger partial charge in [-0.05, 0) is 36.8 Å². The topological polar surface area (TPSA) is 35.2 Å². The number of benzene rings is 1. The first-order chi connectivity index (χ1) is 8.16. The van der Waals surface area contributed by atoms with Crippen LogP contribution >= 0.6 is 0 Å². The third-order valence-corrected chi connectivity index (χ3v) is 3.17. The lowest BCUT2D eigenvalue weighted by atomic mass is 9.95. The summed E-state index contributed by atoms with van der Waals surface area (Å²) in [5, 5.41) is 0. The highest BCUT2D eigenvalue weighted by molar-refractivity contribution is 5.19. The Labute approximate surface area is 99.8 Å². The molecule has 0 aromatic heterocycles. The van der Waals surface area contributed by atoms with Crippen molar-refractivity contribution in [3.8, 4) is 0 Å². The molecule has 2 unspecified atom stereocenters. The normalized spacial score (nSPS) is 21.7. The Balaban J connectivity index is 1.93. The quantitative estimate of drug-likeness (QED) is 0.877. The van der Waals surface area contributed by atoms with Gasteiger partial charge in [-0.15, -0.1) is 0 Å². The van der Waals surface area contributed by atoms with E-state index >= 15 is 0 Å². The van der Waals surface area contributed by atoms with Crippen LogP contribution in [0.2, 0.25) is 0 Å². The maximum absolute atomic E-state index is 13.4. The third kappa shape index (κ3) is 3.23. The van der Waals surface area contributed by atoms with Gasteiger partial charge >= 0.3 is 0 Å². The summed E-state index contributed by atoms with van der Waals surface area (Å²) in [5.74, 6) is -1.12. The highest BCUT2D eigenvalue weighted by atomic mass is 19.2. The Hall–Kier alpha value is -1.00. The molecule has 1 fully saturated rings. The number of rotatable bonds is 4. The van der Waals surface area contributed by atoms with Gasteiger partial charge in [0, 0.05) is 19.3 Å². The van der Waals surface area contributed by atoms with Crippen LogP contribution in [-0.4, -0.2) is 19.3 Å². The average molecular weight is 241 g/mol. The summed E-state index contributed by atoms with van der Waals surface area (Å²) in [6.45, 7) is 1.52. The summed E-state index contributed by atoms with van der Waals surface area (Å²) in [5.41, 5.74) is 6.32. The molecule has 1 heterocycles. The molecule has 1 aromatic rings. The molecule has 2 nitrogen and oxygen atoms in total. The molecule has 1 aromatic carbocycles. The summed E-state index contributed by atoms with van der Waals surface area (Å²) in [6.07, 6.45) is 2.19. The Bertz CT molecular complexity index is 378. The van der Waals surface area contributed by atoms with E-state index in [0.29, 0.717) is 17.9 Å². The third-order valence-electron chi connectivity index (χ3n) is 3.17. The van der Waals surface area contributed by atoms with Crippen molar-refractivity contribution < 1.29 is 13.5 Å². The minimum Gasteiger partial charge on any atom is -0.381 e. The first kappa shape index (κ1) is 12.5. The van der Waals surface area contributed by atoms with E-state index in [1.807, 2.05) is 0 Å². The Morgan fingerprint density at radius 2 is 2.24 bits per heavy atom. The average Bonchev–Trinajstić information content (AvgIpc) is 2.77. The smallest absolute Gasteiger partial charge is 0.162 e. The lowest BCUT2D eigenvalue weighted by Crippen LogP contribution is -2.26. The lowest BCUT2D eigenvalue weighted by molar-refractivity contribution is 0.182. The van der Waals surface area contributed by atoms with Crippen LogP contribution in [0.5, 0.6) is 0 Å². The van der Waals surface area contributed by atoms with Crippen LogP contribution in [0.15, 0.2) is 18.2 Å². The fraction of sp³-hybridized carbons (Fsp3) is 0.538. The maximum Gasteiger partial charge on any atom is 0.162 e. The van der Waals surface area contributed by atoms with E-state index in [-0.39, 0.29) is 6.04 Å². The zero-order valence-corrected chi connectivity index (χ0v) is 9.66. The van der Waals surface area contributed by atoms with E-state index in [0.717, 1.165) is 32.1 Å². The van der Waals surface area contributed by atoms with Crippen LogP contribution in [0.25, 0.3) is 0 Å². The van der Waals surface area contributed by atoms with Crippen molar-refractivity contribution in [2.24, 2.45) is 11.7 Å². The summed E-state index contributed by atoms with van der Waals surface area (Å²) in [6, 6.07) is 4.08. The van der Waals surface area contributed by atoms with Crippen molar-refractivity contribution in [2.45, 2.75) is 25.3 Å². The molecule has 0 bridgehead atoms. The first-order valence-corrected chi connectivity index (χ1v) is 5.93. The van der Waals surface area contributed by atoms with Crippen LogP contribution in [-0.2, 0) is 11.2 Å². The molecule has 2 rings (SSSR count). The van der Waals surface area contributed by atoms with E-state index in [1.165, 1.54) is 6.07 Å². The zero-order chi connectivity index (χ0) is 12.3. The van der Waals surface area contributed by atoms with Crippen LogP contribution in [0.1, 0.15) is 18.4 Å². The molecule has 0 amide bonds. The van der Waals surface area contributed by atoms with Gasteiger partial charge < -0.3 is 10.5 Å². The van der Waals surface area contributed by atoms with Gasteiger partial charge in [0.25, 0.3) is 0 Å². The summed E-state index contributed by atoms with van der Waals surface area (Å²) < 4.78 is 31.7. The van der Waals surface area contributed by atoms with Gasteiger partial charge in [-0.3, -0.25) is 0 Å². The van der Waals surface area contributed by atoms with E-state index < -0.39 is 11.6 Å². The molecular formula is C13H17F2NO. The molecule has 1 saturated heterocycles. The summed E-state index contributed by atoms with van der Waals surface area (Å²) in [4.78, 5) is 0. The lowest BCUT2D eigenvalue weighted by Gasteiger charge is -2.15. The van der Waals surface area contributed by atoms with Crippen molar-refractivity contribution in [3.05, 3.63) is 35.4 Å². The molecule has 2 N–H and O–H groups in total. The highest BCUT2D eigenvalue weighted by Gasteiger charge is 2.20. The van der Waals surface area contributed by atoms with Gasteiger partial charge in [-0.25, -0.2) is 8.78 Å². The van der Waals surface area contributed by atoms with E-state index in [4.69, 9.17) is 10.5 Å². The zero-order valence-electron chi connectivity index (χ0n) is 9.66. The first-order valence-electron chi connectivity index (χ1n) is 5.93. The van der Waals surface area contributed by atoms with E-state index in [9.17, 15) is 8.78 Å².